The van der Waals surface area contributed by atoms with Crippen molar-refractivity contribution < 1.29 is 13.2 Å². The van der Waals surface area contributed by atoms with E-state index in [2.05, 4.69) is 20.7 Å². The van der Waals surface area contributed by atoms with E-state index in [-0.39, 0.29) is 22.6 Å². The van der Waals surface area contributed by atoms with Crippen LogP contribution in [0.3, 0.4) is 0 Å². The molecule has 1 atom stereocenters. The topological polar surface area (TPSA) is 82.1 Å². The minimum absolute atomic E-state index is 0.0847. The first-order valence-electron chi connectivity index (χ1n) is 10.1. The molecule has 2 heterocycles. The maximum absolute atomic E-state index is 13.5. The highest BCUT2D eigenvalue weighted by molar-refractivity contribution is 7.90. The molecule has 158 valence electrons. The van der Waals surface area contributed by atoms with Crippen LogP contribution in [0, 0.1) is 5.92 Å². The number of rotatable bonds is 3. The molecule has 0 bridgehead atoms. The summed E-state index contributed by atoms with van der Waals surface area (Å²) in [7, 11) is -1.62. The van der Waals surface area contributed by atoms with Gasteiger partial charge >= 0.3 is 0 Å². The van der Waals surface area contributed by atoms with Crippen LogP contribution in [0.4, 0.5) is 5.69 Å². The molecule has 0 aliphatic carbocycles. The zero-order valence-corrected chi connectivity index (χ0v) is 18.2. The largest absolute Gasteiger partial charge is 0.373 e. The number of carbonyl (C=O) groups is 1. The van der Waals surface area contributed by atoms with E-state index in [0.29, 0.717) is 18.7 Å². The number of hydrogen-bond donors (Lipinski definition) is 1. The van der Waals surface area contributed by atoms with Crippen LogP contribution in [0.1, 0.15) is 25.0 Å². The molecule has 0 saturated heterocycles. The van der Waals surface area contributed by atoms with E-state index in [1.165, 1.54) is 0 Å². The summed E-state index contributed by atoms with van der Waals surface area (Å²) in [4.78, 5) is 22.3. The number of anilines is 1. The van der Waals surface area contributed by atoms with Crippen molar-refractivity contribution >= 4 is 27.5 Å². The van der Waals surface area contributed by atoms with E-state index in [0.717, 1.165) is 17.8 Å². The molecule has 0 radical (unpaired) electrons. The van der Waals surface area contributed by atoms with Crippen molar-refractivity contribution in [2.45, 2.75) is 31.3 Å². The molecule has 0 spiro atoms. The summed E-state index contributed by atoms with van der Waals surface area (Å²) in [6.07, 6.45) is 0. The second-order valence-corrected chi connectivity index (χ2v) is 9.73. The molecule has 0 unspecified atom stereocenters. The van der Waals surface area contributed by atoms with Gasteiger partial charge in [0.15, 0.2) is 0 Å². The number of amides is 1. The van der Waals surface area contributed by atoms with Gasteiger partial charge in [0, 0.05) is 37.9 Å². The van der Waals surface area contributed by atoms with Gasteiger partial charge in [0.2, 0.25) is 5.91 Å². The van der Waals surface area contributed by atoms with Gasteiger partial charge in [-0.15, -0.1) is 0 Å². The average Bonchev–Trinajstić information content (AvgIpc) is 2.87. The van der Waals surface area contributed by atoms with Crippen LogP contribution in [-0.4, -0.2) is 51.2 Å². The van der Waals surface area contributed by atoms with Gasteiger partial charge in [-0.2, -0.15) is 0 Å². The Balaban J connectivity index is 1.66. The fraction of sp³-hybridized carbons (Fsp3) is 0.364. The molecule has 0 saturated carbocycles. The summed E-state index contributed by atoms with van der Waals surface area (Å²) in [6, 6.07) is 14.1. The van der Waals surface area contributed by atoms with E-state index in [1.807, 2.05) is 44.0 Å². The van der Waals surface area contributed by atoms with Crippen molar-refractivity contribution in [3.05, 3.63) is 59.7 Å². The highest BCUT2D eigenvalue weighted by Crippen LogP contribution is 2.26. The van der Waals surface area contributed by atoms with E-state index in [4.69, 9.17) is 0 Å². The molecule has 8 heteroatoms. The Morgan fingerprint density at radius 3 is 2.53 bits per heavy atom. The molecule has 1 amide bonds. The Kier molecular flexibility index (Phi) is 5.27. The second kappa shape index (κ2) is 7.75. The SMILES string of the molecule is CC(C)[C@H](N=C1NS(=O)(=O)c2ccccc21)C(=O)N1CCN(C)c2ccccc2C1. The van der Waals surface area contributed by atoms with Gasteiger partial charge in [-0.25, -0.2) is 8.42 Å². The quantitative estimate of drug-likeness (QED) is 0.816. The molecule has 4 rings (SSSR count). The zero-order chi connectivity index (χ0) is 21.5. The van der Waals surface area contributed by atoms with E-state index in [9.17, 15) is 13.2 Å². The van der Waals surface area contributed by atoms with Crippen LogP contribution in [0.5, 0.6) is 0 Å². The van der Waals surface area contributed by atoms with Crippen molar-refractivity contribution in [2.24, 2.45) is 10.9 Å². The number of fused-ring (bicyclic) bond motifs is 2. The number of benzene rings is 2. The Morgan fingerprint density at radius 1 is 1.07 bits per heavy atom. The van der Waals surface area contributed by atoms with Gasteiger partial charge in [-0.05, 0) is 29.7 Å². The molecule has 1 N–H and O–H groups in total. The molecule has 0 aromatic heterocycles. The molecule has 30 heavy (non-hydrogen) atoms. The molecule has 2 aromatic carbocycles. The molecule has 0 fully saturated rings. The zero-order valence-electron chi connectivity index (χ0n) is 17.4. The van der Waals surface area contributed by atoms with Crippen molar-refractivity contribution in [3.8, 4) is 0 Å². The first-order valence-corrected chi connectivity index (χ1v) is 11.5. The van der Waals surface area contributed by atoms with E-state index >= 15 is 0 Å². The van der Waals surface area contributed by atoms with Gasteiger partial charge < -0.3 is 9.80 Å². The third kappa shape index (κ3) is 3.67. The number of para-hydroxylation sites is 1. The summed E-state index contributed by atoms with van der Waals surface area (Å²) in [5.41, 5.74) is 2.72. The monoisotopic (exact) mass is 426 g/mol. The maximum Gasteiger partial charge on any atom is 0.263 e. The van der Waals surface area contributed by atoms with Crippen molar-refractivity contribution in [1.29, 1.82) is 0 Å². The number of nitrogens with one attached hydrogen (secondary N) is 1. The van der Waals surface area contributed by atoms with Crippen LogP contribution < -0.4 is 9.62 Å². The number of amidine groups is 1. The highest BCUT2D eigenvalue weighted by atomic mass is 32.2. The normalized spacial score (nSPS) is 19.8. The first kappa shape index (κ1) is 20.4. The summed E-state index contributed by atoms with van der Waals surface area (Å²) >= 11 is 0. The fourth-order valence-corrected chi connectivity index (χ4v) is 5.17. The van der Waals surface area contributed by atoms with Gasteiger partial charge in [0.25, 0.3) is 10.0 Å². The van der Waals surface area contributed by atoms with Crippen LogP contribution >= 0.6 is 0 Å². The number of sulfonamides is 1. The van der Waals surface area contributed by atoms with Gasteiger partial charge in [0.1, 0.15) is 11.9 Å². The number of aliphatic imine (C=N–C) groups is 1. The van der Waals surface area contributed by atoms with Crippen LogP contribution in [0.2, 0.25) is 0 Å². The third-order valence-electron chi connectivity index (χ3n) is 5.60. The number of hydrogen-bond acceptors (Lipinski definition) is 5. The van der Waals surface area contributed by atoms with Gasteiger partial charge in [-0.3, -0.25) is 14.5 Å². The molecular formula is C22H26N4O3S. The van der Waals surface area contributed by atoms with Crippen LogP contribution in [0.15, 0.2) is 58.4 Å². The molecular weight excluding hydrogens is 400 g/mol. The summed E-state index contributed by atoms with van der Waals surface area (Å²) in [5, 5.41) is 0. The summed E-state index contributed by atoms with van der Waals surface area (Å²) < 4.78 is 27.3. The molecule has 2 aromatic rings. The number of carbonyl (C=O) groups excluding carboxylic acids is 1. The molecule has 7 nitrogen and oxygen atoms in total. The summed E-state index contributed by atoms with van der Waals surface area (Å²) in [5.74, 6) is 0.0645. The lowest BCUT2D eigenvalue weighted by atomic mass is 10.0. The highest BCUT2D eigenvalue weighted by Gasteiger charge is 2.34. The van der Waals surface area contributed by atoms with Crippen LogP contribution in [-0.2, 0) is 21.4 Å². The Bertz CT molecular complexity index is 1110. The second-order valence-electron chi connectivity index (χ2n) is 8.08. The minimum Gasteiger partial charge on any atom is -0.373 e. The first-order chi connectivity index (χ1) is 14.3. The Labute approximate surface area is 177 Å². The third-order valence-corrected chi connectivity index (χ3v) is 6.99. The van der Waals surface area contributed by atoms with Gasteiger partial charge in [-0.1, -0.05) is 44.2 Å². The minimum atomic E-state index is -3.64. The Morgan fingerprint density at radius 2 is 1.77 bits per heavy atom. The van der Waals surface area contributed by atoms with E-state index < -0.39 is 16.1 Å². The predicted molar refractivity (Wildman–Crippen MR) is 117 cm³/mol. The summed E-state index contributed by atoms with van der Waals surface area (Å²) in [6.45, 7) is 5.68. The standard InChI is InChI=1S/C22H26N4O3S/c1-15(2)20(23-21-17-9-5-7-11-19(17)30(28,29)24-21)22(27)26-13-12-25(3)18-10-6-4-8-16(18)14-26/h4-11,15,20H,12-14H2,1-3H3,(H,23,24)/t20-/m0/s1. The molecule has 2 aliphatic heterocycles. The number of nitrogens with zero attached hydrogens (tertiary/aromatic N) is 3. The molecule has 2 aliphatic rings. The lowest BCUT2D eigenvalue weighted by molar-refractivity contribution is -0.133. The lowest BCUT2D eigenvalue weighted by Crippen LogP contribution is -2.43. The van der Waals surface area contributed by atoms with Crippen molar-refractivity contribution in [3.63, 3.8) is 0 Å². The number of likely N-dealkylation sites (N-methyl/N-ethyl adjacent to an activating group) is 1. The predicted octanol–water partition coefficient (Wildman–Crippen LogP) is 2.23. The average molecular weight is 427 g/mol. The fourth-order valence-electron chi connectivity index (χ4n) is 3.93. The lowest BCUT2D eigenvalue weighted by Gasteiger charge is -2.26. The van der Waals surface area contributed by atoms with E-state index in [1.54, 1.807) is 24.3 Å². The Hall–Kier alpha value is -2.87. The van der Waals surface area contributed by atoms with Crippen molar-refractivity contribution in [2.75, 3.05) is 25.0 Å². The maximum atomic E-state index is 13.5. The smallest absolute Gasteiger partial charge is 0.263 e. The van der Waals surface area contributed by atoms with Gasteiger partial charge in [0.05, 0.1) is 4.90 Å². The van der Waals surface area contributed by atoms with Crippen molar-refractivity contribution in [1.82, 2.24) is 9.62 Å². The van der Waals surface area contributed by atoms with Crippen LogP contribution in [0.25, 0.3) is 0 Å².